The van der Waals surface area contributed by atoms with Crippen LogP contribution in [0.3, 0.4) is 0 Å². The number of para-hydroxylation sites is 2. The standard InChI is InChI=1S/C13H20N2O2/c1-4-17-12-8-6-5-7-11(12)15-13(16)9(2)10(3)14/h5-10H,4,14H2,1-3H3,(H,15,16). The van der Waals surface area contributed by atoms with E-state index in [1.807, 2.05) is 45.0 Å². The van der Waals surface area contributed by atoms with Gasteiger partial charge < -0.3 is 15.8 Å². The van der Waals surface area contributed by atoms with E-state index >= 15 is 0 Å². The molecule has 4 heteroatoms. The second-order valence-corrected chi connectivity index (χ2v) is 4.07. The second kappa shape index (κ2) is 6.25. The van der Waals surface area contributed by atoms with Crippen molar-refractivity contribution >= 4 is 11.6 Å². The minimum Gasteiger partial charge on any atom is -0.492 e. The molecule has 0 radical (unpaired) electrons. The quantitative estimate of drug-likeness (QED) is 0.822. The van der Waals surface area contributed by atoms with Gasteiger partial charge in [-0.25, -0.2) is 0 Å². The molecule has 0 aliphatic carbocycles. The van der Waals surface area contributed by atoms with Crippen molar-refractivity contribution in [1.82, 2.24) is 0 Å². The molecule has 17 heavy (non-hydrogen) atoms. The van der Waals surface area contributed by atoms with Crippen LogP contribution in [-0.4, -0.2) is 18.6 Å². The zero-order valence-corrected chi connectivity index (χ0v) is 10.6. The zero-order chi connectivity index (χ0) is 12.8. The fraction of sp³-hybridized carbons (Fsp3) is 0.462. The minimum atomic E-state index is -0.232. The maximum Gasteiger partial charge on any atom is 0.228 e. The highest BCUT2D eigenvalue weighted by Gasteiger charge is 2.18. The molecular formula is C13H20N2O2. The van der Waals surface area contributed by atoms with E-state index in [1.165, 1.54) is 0 Å². The van der Waals surface area contributed by atoms with Gasteiger partial charge in [-0.3, -0.25) is 4.79 Å². The second-order valence-electron chi connectivity index (χ2n) is 4.07. The molecule has 0 bridgehead atoms. The Morgan fingerprint density at radius 2 is 2.06 bits per heavy atom. The van der Waals surface area contributed by atoms with Crippen molar-refractivity contribution in [2.75, 3.05) is 11.9 Å². The number of amides is 1. The Balaban J connectivity index is 2.77. The van der Waals surface area contributed by atoms with Crippen LogP contribution in [0.2, 0.25) is 0 Å². The maximum atomic E-state index is 11.9. The molecule has 1 aromatic carbocycles. The van der Waals surface area contributed by atoms with E-state index in [-0.39, 0.29) is 17.9 Å². The van der Waals surface area contributed by atoms with Crippen LogP contribution in [0, 0.1) is 5.92 Å². The molecule has 0 aliphatic rings. The lowest BCUT2D eigenvalue weighted by Crippen LogP contribution is -2.34. The molecule has 0 saturated heterocycles. The third-order valence-electron chi connectivity index (χ3n) is 2.65. The molecule has 0 spiro atoms. The van der Waals surface area contributed by atoms with Gasteiger partial charge in [-0.15, -0.1) is 0 Å². The van der Waals surface area contributed by atoms with E-state index in [1.54, 1.807) is 0 Å². The van der Waals surface area contributed by atoms with Crippen molar-refractivity contribution in [2.45, 2.75) is 26.8 Å². The van der Waals surface area contributed by atoms with Crippen molar-refractivity contribution in [2.24, 2.45) is 11.7 Å². The van der Waals surface area contributed by atoms with Gasteiger partial charge >= 0.3 is 0 Å². The van der Waals surface area contributed by atoms with E-state index in [0.717, 1.165) is 0 Å². The summed E-state index contributed by atoms with van der Waals surface area (Å²) in [6, 6.07) is 7.20. The van der Waals surface area contributed by atoms with Crippen molar-refractivity contribution in [3.05, 3.63) is 24.3 Å². The molecule has 94 valence electrons. The molecule has 2 unspecified atom stereocenters. The summed E-state index contributed by atoms with van der Waals surface area (Å²) in [4.78, 5) is 11.9. The molecule has 1 rings (SSSR count). The van der Waals surface area contributed by atoms with E-state index < -0.39 is 0 Å². The highest BCUT2D eigenvalue weighted by molar-refractivity contribution is 5.94. The van der Waals surface area contributed by atoms with E-state index in [9.17, 15) is 4.79 Å². The van der Waals surface area contributed by atoms with Crippen LogP contribution in [-0.2, 0) is 4.79 Å². The molecule has 0 fully saturated rings. The number of nitrogens with one attached hydrogen (secondary N) is 1. The summed E-state index contributed by atoms with van der Waals surface area (Å²) in [6.45, 7) is 6.10. The molecule has 0 aliphatic heterocycles. The Morgan fingerprint density at radius 3 is 2.65 bits per heavy atom. The number of nitrogens with two attached hydrogens (primary N) is 1. The lowest BCUT2D eigenvalue weighted by atomic mass is 10.0. The summed E-state index contributed by atoms with van der Waals surface area (Å²) < 4.78 is 5.43. The first-order chi connectivity index (χ1) is 8.06. The number of benzene rings is 1. The predicted molar refractivity (Wildman–Crippen MR) is 69.1 cm³/mol. The van der Waals surface area contributed by atoms with Gasteiger partial charge in [-0.2, -0.15) is 0 Å². The Kier molecular flexibility index (Phi) is 4.97. The normalized spacial score (nSPS) is 13.9. The number of rotatable bonds is 5. The van der Waals surface area contributed by atoms with Crippen LogP contribution < -0.4 is 15.8 Å². The highest BCUT2D eigenvalue weighted by atomic mass is 16.5. The minimum absolute atomic E-state index is 0.0906. The highest BCUT2D eigenvalue weighted by Crippen LogP contribution is 2.24. The number of carbonyl (C=O) groups excluding carboxylic acids is 1. The SMILES string of the molecule is CCOc1ccccc1NC(=O)C(C)C(C)N. The van der Waals surface area contributed by atoms with Crippen LogP contribution in [0.25, 0.3) is 0 Å². The van der Waals surface area contributed by atoms with Gasteiger partial charge in [0.2, 0.25) is 5.91 Å². The number of anilines is 1. The molecule has 2 atom stereocenters. The molecule has 4 nitrogen and oxygen atoms in total. The first-order valence-electron chi connectivity index (χ1n) is 5.84. The van der Waals surface area contributed by atoms with Gasteiger partial charge in [0.15, 0.2) is 0 Å². The third kappa shape index (κ3) is 3.75. The van der Waals surface area contributed by atoms with Crippen LogP contribution in [0.1, 0.15) is 20.8 Å². The molecular weight excluding hydrogens is 216 g/mol. The first-order valence-corrected chi connectivity index (χ1v) is 5.84. The maximum absolute atomic E-state index is 11.9. The monoisotopic (exact) mass is 236 g/mol. The molecule has 1 aromatic rings. The van der Waals surface area contributed by atoms with Gasteiger partial charge in [0, 0.05) is 6.04 Å². The smallest absolute Gasteiger partial charge is 0.228 e. The lowest BCUT2D eigenvalue weighted by molar-refractivity contribution is -0.119. The van der Waals surface area contributed by atoms with Crippen molar-refractivity contribution < 1.29 is 9.53 Å². The molecule has 1 amide bonds. The Hall–Kier alpha value is -1.55. The molecule has 0 heterocycles. The Labute approximate surface area is 102 Å². The summed E-state index contributed by atoms with van der Waals surface area (Å²) in [6.07, 6.45) is 0. The van der Waals surface area contributed by atoms with Gasteiger partial charge in [-0.1, -0.05) is 19.1 Å². The van der Waals surface area contributed by atoms with Crippen LogP contribution in [0.5, 0.6) is 5.75 Å². The molecule has 0 saturated carbocycles. The average Bonchev–Trinajstić information content (AvgIpc) is 2.30. The van der Waals surface area contributed by atoms with E-state index in [4.69, 9.17) is 10.5 Å². The topological polar surface area (TPSA) is 64.3 Å². The number of ether oxygens (including phenoxy) is 1. The van der Waals surface area contributed by atoms with Gasteiger partial charge in [0.25, 0.3) is 0 Å². The van der Waals surface area contributed by atoms with Crippen molar-refractivity contribution in [3.8, 4) is 5.75 Å². The third-order valence-corrected chi connectivity index (χ3v) is 2.65. The summed E-state index contributed by atoms with van der Waals surface area (Å²) in [5, 5.41) is 2.83. The predicted octanol–water partition coefficient (Wildman–Crippen LogP) is 2.01. The average molecular weight is 236 g/mol. The Bertz CT molecular complexity index is 377. The van der Waals surface area contributed by atoms with Gasteiger partial charge in [0.05, 0.1) is 18.2 Å². The zero-order valence-electron chi connectivity index (χ0n) is 10.6. The first kappa shape index (κ1) is 13.5. The summed E-state index contributed by atoms with van der Waals surface area (Å²) in [7, 11) is 0. The molecule has 3 N–H and O–H groups in total. The fourth-order valence-electron chi connectivity index (χ4n) is 1.34. The Morgan fingerprint density at radius 1 is 1.41 bits per heavy atom. The number of hydrogen-bond donors (Lipinski definition) is 2. The summed E-state index contributed by atoms with van der Waals surface area (Å²) >= 11 is 0. The van der Waals surface area contributed by atoms with E-state index in [0.29, 0.717) is 18.0 Å². The summed E-state index contributed by atoms with van der Waals surface area (Å²) in [5.74, 6) is 0.358. The van der Waals surface area contributed by atoms with Crippen molar-refractivity contribution in [1.29, 1.82) is 0 Å². The van der Waals surface area contributed by atoms with Crippen molar-refractivity contribution in [3.63, 3.8) is 0 Å². The van der Waals surface area contributed by atoms with Crippen LogP contribution in [0.4, 0.5) is 5.69 Å². The van der Waals surface area contributed by atoms with Gasteiger partial charge in [-0.05, 0) is 26.0 Å². The lowest BCUT2D eigenvalue weighted by Gasteiger charge is -2.17. The van der Waals surface area contributed by atoms with Crippen LogP contribution in [0.15, 0.2) is 24.3 Å². The fourth-order valence-corrected chi connectivity index (χ4v) is 1.34. The number of hydrogen-bond acceptors (Lipinski definition) is 3. The van der Waals surface area contributed by atoms with Crippen LogP contribution >= 0.6 is 0 Å². The summed E-state index contributed by atoms with van der Waals surface area (Å²) in [5.41, 5.74) is 6.38. The molecule has 0 aromatic heterocycles. The van der Waals surface area contributed by atoms with Gasteiger partial charge in [0.1, 0.15) is 5.75 Å². The largest absolute Gasteiger partial charge is 0.492 e. The number of carbonyl (C=O) groups is 1. The van der Waals surface area contributed by atoms with E-state index in [2.05, 4.69) is 5.32 Å².